The maximum atomic E-state index is 4.07. The third-order valence-electron chi connectivity index (χ3n) is 1.12. The summed E-state index contributed by atoms with van der Waals surface area (Å²) < 4.78 is 0. The Balaban J connectivity index is 2.78. The highest BCUT2D eigenvalue weighted by Crippen LogP contribution is 2.05. The van der Waals surface area contributed by atoms with Crippen LogP contribution in [0.25, 0.3) is 0 Å². The van der Waals surface area contributed by atoms with Crippen LogP contribution in [0.3, 0.4) is 0 Å². The molecule has 1 aromatic rings. The molecule has 2 nitrogen and oxygen atoms in total. The van der Waals surface area contributed by atoms with Gasteiger partial charge in [-0.05, 0) is 6.26 Å². The lowest BCUT2D eigenvalue weighted by Gasteiger charge is -1.92. The van der Waals surface area contributed by atoms with E-state index in [0.717, 1.165) is 10.7 Å². The van der Waals surface area contributed by atoms with Gasteiger partial charge >= 0.3 is 0 Å². The molecule has 0 spiro atoms. The van der Waals surface area contributed by atoms with Gasteiger partial charge in [-0.25, -0.2) is 9.97 Å². The Hall–Kier alpha value is -0.660. The van der Waals surface area contributed by atoms with E-state index in [1.807, 2.05) is 6.26 Å². The molecule has 62 valence electrons. The summed E-state index contributed by atoms with van der Waals surface area (Å²) in [6.45, 7) is 0. The van der Waals surface area contributed by atoms with Crippen LogP contribution in [0.15, 0.2) is 17.6 Å². The predicted molar refractivity (Wildman–Crippen MR) is 54.5 cm³/mol. The van der Waals surface area contributed by atoms with Crippen LogP contribution in [0.4, 0.5) is 0 Å². The SMILES string of the molecule is CSc1ncc(C#CCS)cn1. The lowest BCUT2D eigenvalue weighted by Crippen LogP contribution is -1.85. The van der Waals surface area contributed by atoms with Gasteiger partial charge in [0.05, 0.1) is 11.3 Å². The molecule has 0 aliphatic carbocycles. The molecule has 1 rings (SSSR count). The summed E-state index contributed by atoms with van der Waals surface area (Å²) in [6, 6.07) is 0. The van der Waals surface area contributed by atoms with E-state index in [4.69, 9.17) is 0 Å². The fourth-order valence-electron chi connectivity index (χ4n) is 0.628. The highest BCUT2D eigenvalue weighted by molar-refractivity contribution is 7.98. The minimum Gasteiger partial charge on any atom is -0.230 e. The van der Waals surface area contributed by atoms with Crippen LogP contribution < -0.4 is 0 Å². The van der Waals surface area contributed by atoms with Crippen LogP contribution >= 0.6 is 24.4 Å². The van der Waals surface area contributed by atoms with E-state index in [-0.39, 0.29) is 0 Å². The van der Waals surface area contributed by atoms with Crippen LogP contribution in [-0.2, 0) is 0 Å². The molecule has 0 radical (unpaired) electrons. The van der Waals surface area contributed by atoms with Gasteiger partial charge in [-0.2, -0.15) is 12.6 Å². The maximum absolute atomic E-state index is 4.07. The molecule has 0 bridgehead atoms. The Morgan fingerprint density at radius 1 is 1.50 bits per heavy atom. The number of nitrogens with zero attached hydrogens (tertiary/aromatic N) is 2. The fraction of sp³-hybridized carbons (Fsp3) is 0.250. The molecule has 0 atom stereocenters. The van der Waals surface area contributed by atoms with Crippen LogP contribution in [0.1, 0.15) is 5.56 Å². The summed E-state index contributed by atoms with van der Waals surface area (Å²) in [5, 5.41) is 0.770. The van der Waals surface area contributed by atoms with Crippen molar-refractivity contribution in [2.45, 2.75) is 5.16 Å². The Morgan fingerprint density at radius 3 is 2.67 bits per heavy atom. The maximum Gasteiger partial charge on any atom is 0.187 e. The summed E-state index contributed by atoms with van der Waals surface area (Å²) >= 11 is 5.49. The van der Waals surface area contributed by atoms with Crippen molar-refractivity contribution in [1.82, 2.24) is 9.97 Å². The van der Waals surface area contributed by atoms with Crippen LogP contribution in [-0.4, -0.2) is 22.0 Å². The normalized spacial score (nSPS) is 8.83. The van der Waals surface area contributed by atoms with Gasteiger partial charge in [0.1, 0.15) is 0 Å². The quantitative estimate of drug-likeness (QED) is 0.319. The Labute approximate surface area is 81.6 Å². The molecular weight excluding hydrogens is 188 g/mol. The molecule has 0 saturated heterocycles. The fourth-order valence-corrected chi connectivity index (χ4v) is 1.02. The van der Waals surface area contributed by atoms with Gasteiger partial charge in [0.15, 0.2) is 5.16 Å². The van der Waals surface area contributed by atoms with Gasteiger partial charge in [-0.3, -0.25) is 0 Å². The molecule has 0 N–H and O–H groups in total. The predicted octanol–water partition coefficient (Wildman–Crippen LogP) is 1.48. The minimum absolute atomic E-state index is 0.560. The van der Waals surface area contributed by atoms with E-state index in [9.17, 15) is 0 Å². The summed E-state index contributed by atoms with van der Waals surface area (Å²) in [6.07, 6.45) is 5.37. The average molecular weight is 196 g/mol. The topological polar surface area (TPSA) is 25.8 Å². The van der Waals surface area contributed by atoms with Gasteiger partial charge in [0.2, 0.25) is 0 Å². The van der Waals surface area contributed by atoms with E-state index in [0.29, 0.717) is 5.75 Å². The molecule has 1 heterocycles. The zero-order chi connectivity index (χ0) is 8.81. The lowest BCUT2D eigenvalue weighted by atomic mass is 10.3. The first-order valence-corrected chi connectivity index (χ1v) is 5.18. The van der Waals surface area contributed by atoms with Crippen LogP contribution in [0.2, 0.25) is 0 Å². The molecule has 0 unspecified atom stereocenters. The molecule has 0 fully saturated rings. The number of rotatable bonds is 1. The number of hydrogen-bond donors (Lipinski definition) is 1. The average Bonchev–Trinajstić information content (AvgIpc) is 2.15. The van der Waals surface area contributed by atoms with Crippen molar-refractivity contribution in [3.05, 3.63) is 18.0 Å². The van der Waals surface area contributed by atoms with Gasteiger partial charge < -0.3 is 0 Å². The van der Waals surface area contributed by atoms with Crippen molar-refractivity contribution in [2.75, 3.05) is 12.0 Å². The van der Waals surface area contributed by atoms with E-state index in [2.05, 4.69) is 34.4 Å². The van der Waals surface area contributed by atoms with Gasteiger partial charge in [-0.1, -0.05) is 23.6 Å². The Kier molecular flexibility index (Phi) is 3.98. The number of thiol groups is 1. The van der Waals surface area contributed by atoms with Crippen molar-refractivity contribution in [3.63, 3.8) is 0 Å². The van der Waals surface area contributed by atoms with Crippen molar-refractivity contribution in [2.24, 2.45) is 0 Å². The van der Waals surface area contributed by atoms with Crippen LogP contribution in [0.5, 0.6) is 0 Å². The second-order valence-corrected chi connectivity index (χ2v) is 3.01. The number of aromatic nitrogens is 2. The molecule has 0 aliphatic rings. The summed E-state index contributed by atoms with van der Waals surface area (Å²) in [7, 11) is 0. The zero-order valence-electron chi connectivity index (χ0n) is 6.61. The number of thioether (sulfide) groups is 1. The van der Waals surface area contributed by atoms with Crippen LogP contribution in [0, 0.1) is 11.8 Å². The molecule has 0 aromatic carbocycles. The van der Waals surface area contributed by atoms with E-state index >= 15 is 0 Å². The second-order valence-electron chi connectivity index (χ2n) is 1.92. The molecule has 0 saturated carbocycles. The van der Waals surface area contributed by atoms with Crippen molar-refractivity contribution >= 4 is 24.4 Å². The molecule has 4 heteroatoms. The zero-order valence-corrected chi connectivity index (χ0v) is 8.32. The summed E-state index contributed by atoms with van der Waals surface area (Å²) in [5.74, 6) is 6.27. The van der Waals surface area contributed by atoms with Crippen molar-refractivity contribution < 1.29 is 0 Å². The van der Waals surface area contributed by atoms with E-state index in [1.165, 1.54) is 11.8 Å². The monoisotopic (exact) mass is 196 g/mol. The summed E-state index contributed by atoms with van der Waals surface area (Å²) in [4.78, 5) is 8.15. The van der Waals surface area contributed by atoms with Crippen molar-refractivity contribution in [1.29, 1.82) is 0 Å². The molecule has 12 heavy (non-hydrogen) atoms. The van der Waals surface area contributed by atoms with E-state index < -0.39 is 0 Å². The Bertz CT molecular complexity index is 297. The third kappa shape index (κ3) is 2.76. The van der Waals surface area contributed by atoms with Gasteiger partial charge in [0, 0.05) is 12.4 Å². The molecule has 0 amide bonds. The largest absolute Gasteiger partial charge is 0.230 e. The van der Waals surface area contributed by atoms with E-state index in [1.54, 1.807) is 12.4 Å². The minimum atomic E-state index is 0.560. The summed E-state index contributed by atoms with van der Waals surface area (Å²) in [5.41, 5.74) is 0.835. The Morgan fingerprint density at radius 2 is 2.17 bits per heavy atom. The number of hydrogen-bond acceptors (Lipinski definition) is 4. The molecular formula is C8H8N2S2. The van der Waals surface area contributed by atoms with Gasteiger partial charge in [0.25, 0.3) is 0 Å². The smallest absolute Gasteiger partial charge is 0.187 e. The third-order valence-corrected chi connectivity index (χ3v) is 1.86. The second kappa shape index (κ2) is 5.07. The molecule has 1 aromatic heterocycles. The highest BCUT2D eigenvalue weighted by Gasteiger charge is 1.91. The molecule has 0 aliphatic heterocycles. The first-order valence-electron chi connectivity index (χ1n) is 3.32. The lowest BCUT2D eigenvalue weighted by molar-refractivity contribution is 0.965. The van der Waals surface area contributed by atoms with Crippen molar-refractivity contribution in [3.8, 4) is 11.8 Å². The highest BCUT2D eigenvalue weighted by atomic mass is 32.2. The standard InChI is InChI=1S/C8H8N2S2/c1-12-8-9-5-7(6-10-8)3-2-4-11/h5-6,11H,4H2,1H3. The van der Waals surface area contributed by atoms with Gasteiger partial charge in [-0.15, -0.1) is 0 Å². The first kappa shape index (κ1) is 9.43. The first-order chi connectivity index (χ1) is 5.86.